The van der Waals surface area contributed by atoms with Gasteiger partial charge in [-0.25, -0.2) is 0 Å². The van der Waals surface area contributed by atoms with Crippen LogP contribution in [0.1, 0.15) is 52.9 Å². The van der Waals surface area contributed by atoms with Gasteiger partial charge in [0, 0.05) is 0 Å². The number of hydrogen-bond acceptors (Lipinski definition) is 1. The Balaban J connectivity index is 1.96. The molecule has 0 aromatic carbocycles. The minimum atomic E-state index is -0.299. The molecule has 4 aliphatic carbocycles. The van der Waals surface area contributed by atoms with Gasteiger partial charge in [0.2, 0.25) is 0 Å². The normalized spacial score (nSPS) is 53.6. The van der Waals surface area contributed by atoms with Gasteiger partial charge in [0.05, 0.1) is 5.60 Å². The average Bonchev–Trinajstić information content (AvgIpc) is 1.94. The van der Waals surface area contributed by atoms with Crippen LogP contribution in [0.25, 0.3) is 0 Å². The molecule has 0 aromatic rings. The predicted octanol–water partition coefficient (Wildman–Crippen LogP) is 3.22. The van der Waals surface area contributed by atoms with Gasteiger partial charge in [-0.15, -0.1) is 0 Å². The Morgan fingerprint density at radius 3 is 1.93 bits per heavy atom. The summed E-state index contributed by atoms with van der Waals surface area (Å²) in [7, 11) is 0. The fourth-order valence-electron chi connectivity index (χ4n) is 5.51. The molecule has 4 aliphatic rings. The first-order chi connectivity index (χ1) is 6.88. The van der Waals surface area contributed by atoms with E-state index < -0.39 is 0 Å². The lowest BCUT2D eigenvalue weighted by Crippen LogP contribution is -2.60. The van der Waals surface area contributed by atoms with E-state index in [1.54, 1.807) is 0 Å². The van der Waals surface area contributed by atoms with Gasteiger partial charge in [0.1, 0.15) is 0 Å². The molecular weight excluding hydrogens is 184 g/mol. The zero-order valence-corrected chi connectivity index (χ0v) is 10.3. The molecule has 1 N–H and O–H groups in total. The van der Waals surface area contributed by atoms with Crippen LogP contribution >= 0.6 is 0 Å². The summed E-state index contributed by atoms with van der Waals surface area (Å²) in [6, 6.07) is 0. The Labute approximate surface area is 93.3 Å². The zero-order chi connectivity index (χ0) is 10.8. The molecule has 3 unspecified atom stereocenters. The average molecular weight is 208 g/mol. The summed E-state index contributed by atoms with van der Waals surface area (Å²) in [5, 5.41) is 10.9. The summed E-state index contributed by atoms with van der Waals surface area (Å²) in [4.78, 5) is 0. The maximum Gasteiger partial charge on any atom is 0.0688 e. The van der Waals surface area contributed by atoms with Crippen LogP contribution in [0, 0.1) is 29.1 Å². The maximum absolute atomic E-state index is 10.9. The largest absolute Gasteiger partial charge is 0.390 e. The van der Waals surface area contributed by atoms with Gasteiger partial charge >= 0.3 is 0 Å². The second kappa shape index (κ2) is 2.80. The second-order valence-electron chi connectivity index (χ2n) is 7.55. The van der Waals surface area contributed by atoms with Crippen molar-refractivity contribution in [2.45, 2.75) is 58.5 Å². The molecule has 1 nitrogen and oxygen atoms in total. The van der Waals surface area contributed by atoms with E-state index in [1.807, 2.05) is 0 Å². The SMILES string of the molecule is CC(C)(C)C1C2CC3CC(C2)CC1(O)C3. The summed E-state index contributed by atoms with van der Waals surface area (Å²) in [5.41, 5.74) is -0.0142. The fraction of sp³-hybridized carbons (Fsp3) is 1.00. The standard InChI is InChI=1S/C14H24O/c1-13(2,3)12-11-5-9-4-10(6-11)8-14(12,15)7-9/h9-12,15H,4-8H2,1-3H3. The van der Waals surface area contributed by atoms with Crippen LogP contribution in [-0.2, 0) is 0 Å². The quantitative estimate of drug-likeness (QED) is 0.648. The Morgan fingerprint density at radius 2 is 1.53 bits per heavy atom. The molecule has 0 heterocycles. The number of hydrogen-bond donors (Lipinski definition) is 1. The van der Waals surface area contributed by atoms with E-state index in [-0.39, 0.29) is 11.0 Å². The van der Waals surface area contributed by atoms with Crippen molar-refractivity contribution in [2.24, 2.45) is 29.1 Å². The minimum absolute atomic E-state index is 0.284. The van der Waals surface area contributed by atoms with Crippen LogP contribution in [0.5, 0.6) is 0 Å². The lowest BCUT2D eigenvalue weighted by atomic mass is 9.45. The van der Waals surface area contributed by atoms with Gasteiger partial charge in [0.25, 0.3) is 0 Å². The molecule has 4 fully saturated rings. The minimum Gasteiger partial charge on any atom is -0.390 e. The molecule has 1 heteroatoms. The predicted molar refractivity (Wildman–Crippen MR) is 61.4 cm³/mol. The van der Waals surface area contributed by atoms with E-state index in [9.17, 15) is 5.11 Å². The summed E-state index contributed by atoms with van der Waals surface area (Å²) in [5.74, 6) is 3.08. The van der Waals surface area contributed by atoms with E-state index in [2.05, 4.69) is 20.8 Å². The van der Waals surface area contributed by atoms with Gasteiger partial charge in [0.15, 0.2) is 0 Å². The molecule has 4 rings (SSSR count). The molecule has 0 spiro atoms. The highest BCUT2D eigenvalue weighted by atomic mass is 16.3. The third kappa shape index (κ3) is 1.39. The Hall–Kier alpha value is -0.0400. The molecule has 15 heavy (non-hydrogen) atoms. The van der Waals surface area contributed by atoms with E-state index in [0.717, 1.165) is 30.6 Å². The molecular formula is C14H24O. The Morgan fingerprint density at radius 1 is 1.00 bits per heavy atom. The summed E-state index contributed by atoms with van der Waals surface area (Å²) in [6.07, 6.45) is 6.42. The van der Waals surface area contributed by atoms with Gasteiger partial charge in [-0.05, 0) is 61.2 Å². The third-order valence-electron chi connectivity index (χ3n) is 5.21. The van der Waals surface area contributed by atoms with Crippen LogP contribution in [0.2, 0.25) is 0 Å². The van der Waals surface area contributed by atoms with Gasteiger partial charge in [-0.2, -0.15) is 0 Å². The van der Waals surface area contributed by atoms with Crippen molar-refractivity contribution in [2.75, 3.05) is 0 Å². The van der Waals surface area contributed by atoms with Crippen molar-refractivity contribution >= 4 is 0 Å². The van der Waals surface area contributed by atoms with Crippen molar-refractivity contribution in [1.82, 2.24) is 0 Å². The third-order valence-corrected chi connectivity index (χ3v) is 5.21. The van der Waals surface area contributed by atoms with E-state index in [1.165, 1.54) is 19.3 Å². The van der Waals surface area contributed by atoms with Gasteiger partial charge in [-0.3, -0.25) is 0 Å². The molecule has 3 atom stereocenters. The van der Waals surface area contributed by atoms with Crippen molar-refractivity contribution in [3.8, 4) is 0 Å². The first kappa shape index (κ1) is 10.1. The molecule has 86 valence electrons. The molecule has 0 radical (unpaired) electrons. The van der Waals surface area contributed by atoms with Crippen LogP contribution in [0.15, 0.2) is 0 Å². The second-order valence-corrected chi connectivity index (χ2v) is 7.55. The van der Waals surface area contributed by atoms with Crippen LogP contribution in [-0.4, -0.2) is 10.7 Å². The molecule has 4 bridgehead atoms. The van der Waals surface area contributed by atoms with Crippen molar-refractivity contribution in [3.63, 3.8) is 0 Å². The van der Waals surface area contributed by atoms with Gasteiger partial charge in [-0.1, -0.05) is 20.8 Å². The van der Waals surface area contributed by atoms with Gasteiger partial charge < -0.3 is 5.11 Å². The summed E-state index contributed by atoms with van der Waals surface area (Å²) in [6.45, 7) is 6.95. The topological polar surface area (TPSA) is 20.2 Å². The number of rotatable bonds is 0. The first-order valence-corrected chi connectivity index (χ1v) is 6.61. The maximum atomic E-state index is 10.9. The summed E-state index contributed by atoms with van der Waals surface area (Å²) >= 11 is 0. The molecule has 4 saturated carbocycles. The monoisotopic (exact) mass is 208 g/mol. The van der Waals surface area contributed by atoms with E-state index in [4.69, 9.17) is 0 Å². The summed E-state index contributed by atoms with van der Waals surface area (Å²) < 4.78 is 0. The molecule has 0 aliphatic heterocycles. The lowest BCUT2D eigenvalue weighted by Gasteiger charge is -2.62. The lowest BCUT2D eigenvalue weighted by molar-refractivity contribution is -0.200. The first-order valence-electron chi connectivity index (χ1n) is 6.61. The van der Waals surface area contributed by atoms with Crippen LogP contribution < -0.4 is 0 Å². The number of aliphatic hydroxyl groups is 1. The molecule has 0 saturated heterocycles. The van der Waals surface area contributed by atoms with E-state index in [0.29, 0.717) is 5.92 Å². The zero-order valence-electron chi connectivity index (χ0n) is 10.3. The highest BCUT2D eigenvalue weighted by Crippen LogP contribution is 2.62. The van der Waals surface area contributed by atoms with E-state index >= 15 is 0 Å². The smallest absolute Gasteiger partial charge is 0.0688 e. The highest BCUT2D eigenvalue weighted by molar-refractivity contribution is 5.09. The van der Waals surface area contributed by atoms with Crippen molar-refractivity contribution < 1.29 is 5.11 Å². The Kier molecular flexibility index (Phi) is 1.89. The highest BCUT2D eigenvalue weighted by Gasteiger charge is 2.59. The fourth-order valence-corrected chi connectivity index (χ4v) is 5.51. The molecule has 0 amide bonds. The van der Waals surface area contributed by atoms with Crippen LogP contribution in [0.3, 0.4) is 0 Å². The van der Waals surface area contributed by atoms with Crippen molar-refractivity contribution in [3.05, 3.63) is 0 Å². The van der Waals surface area contributed by atoms with Crippen molar-refractivity contribution in [1.29, 1.82) is 0 Å². The Bertz CT molecular complexity index is 262. The molecule has 0 aromatic heterocycles. The van der Waals surface area contributed by atoms with Crippen LogP contribution in [0.4, 0.5) is 0 Å².